The SMILES string of the molecule is Cc1ccccc1CCC(CC1CCOCC1)NN. The van der Waals surface area contributed by atoms with Gasteiger partial charge in [-0.05, 0) is 56.1 Å². The molecule has 0 aromatic heterocycles. The molecule has 1 heterocycles. The zero-order chi connectivity index (χ0) is 13.5. The topological polar surface area (TPSA) is 47.3 Å². The van der Waals surface area contributed by atoms with Crippen molar-refractivity contribution < 1.29 is 4.74 Å². The summed E-state index contributed by atoms with van der Waals surface area (Å²) in [5.74, 6) is 6.48. The highest BCUT2D eigenvalue weighted by molar-refractivity contribution is 5.25. The van der Waals surface area contributed by atoms with Crippen molar-refractivity contribution in [2.75, 3.05) is 13.2 Å². The molecule has 0 spiro atoms. The molecule has 2 rings (SSSR count). The van der Waals surface area contributed by atoms with Crippen molar-refractivity contribution in [3.63, 3.8) is 0 Å². The molecule has 0 bridgehead atoms. The van der Waals surface area contributed by atoms with Crippen LogP contribution in [0.3, 0.4) is 0 Å². The summed E-state index contributed by atoms with van der Waals surface area (Å²) in [7, 11) is 0. The Kier molecular flexibility index (Phi) is 5.83. The molecule has 0 aliphatic carbocycles. The highest BCUT2D eigenvalue weighted by atomic mass is 16.5. The van der Waals surface area contributed by atoms with Crippen LogP contribution in [-0.2, 0) is 11.2 Å². The summed E-state index contributed by atoms with van der Waals surface area (Å²) >= 11 is 0. The molecule has 1 aliphatic heterocycles. The predicted octanol–water partition coefficient (Wildman–Crippen LogP) is 2.58. The molecule has 1 aromatic rings. The van der Waals surface area contributed by atoms with E-state index in [0.717, 1.165) is 32.0 Å². The Bertz CT molecular complexity index is 375. The van der Waals surface area contributed by atoms with E-state index in [9.17, 15) is 0 Å². The smallest absolute Gasteiger partial charge is 0.0468 e. The molecule has 1 aliphatic rings. The van der Waals surface area contributed by atoms with Gasteiger partial charge in [-0.1, -0.05) is 24.3 Å². The maximum Gasteiger partial charge on any atom is 0.0468 e. The molecule has 0 radical (unpaired) electrons. The second-order valence-electron chi connectivity index (χ2n) is 5.62. The van der Waals surface area contributed by atoms with E-state index in [1.807, 2.05) is 0 Å². The van der Waals surface area contributed by atoms with Crippen molar-refractivity contribution in [1.29, 1.82) is 0 Å². The van der Waals surface area contributed by atoms with Crippen molar-refractivity contribution in [2.45, 2.75) is 45.1 Å². The lowest BCUT2D eigenvalue weighted by molar-refractivity contribution is 0.0602. The minimum Gasteiger partial charge on any atom is -0.381 e. The monoisotopic (exact) mass is 262 g/mol. The first-order valence-electron chi connectivity index (χ1n) is 7.38. The third-order valence-corrected chi connectivity index (χ3v) is 4.22. The molecule has 1 atom stereocenters. The van der Waals surface area contributed by atoms with E-state index in [1.54, 1.807) is 0 Å². The van der Waals surface area contributed by atoms with E-state index in [2.05, 4.69) is 36.6 Å². The van der Waals surface area contributed by atoms with Gasteiger partial charge in [-0.15, -0.1) is 0 Å². The maximum absolute atomic E-state index is 5.71. The molecule has 3 heteroatoms. The lowest BCUT2D eigenvalue weighted by Gasteiger charge is -2.26. The van der Waals surface area contributed by atoms with Crippen molar-refractivity contribution in [2.24, 2.45) is 11.8 Å². The molecule has 1 saturated heterocycles. The minimum atomic E-state index is 0.419. The van der Waals surface area contributed by atoms with Gasteiger partial charge in [0.15, 0.2) is 0 Å². The van der Waals surface area contributed by atoms with Crippen LogP contribution in [0.25, 0.3) is 0 Å². The quantitative estimate of drug-likeness (QED) is 0.612. The van der Waals surface area contributed by atoms with Gasteiger partial charge in [0, 0.05) is 19.3 Å². The second-order valence-corrected chi connectivity index (χ2v) is 5.62. The number of benzene rings is 1. The van der Waals surface area contributed by atoms with E-state index in [4.69, 9.17) is 10.6 Å². The van der Waals surface area contributed by atoms with E-state index in [0.29, 0.717) is 6.04 Å². The van der Waals surface area contributed by atoms with Crippen LogP contribution in [0.2, 0.25) is 0 Å². The van der Waals surface area contributed by atoms with Gasteiger partial charge >= 0.3 is 0 Å². The van der Waals surface area contributed by atoms with Crippen LogP contribution >= 0.6 is 0 Å². The summed E-state index contributed by atoms with van der Waals surface area (Å²) in [5.41, 5.74) is 5.82. The number of rotatable bonds is 6. The first-order valence-corrected chi connectivity index (χ1v) is 7.38. The third-order valence-electron chi connectivity index (χ3n) is 4.22. The van der Waals surface area contributed by atoms with Gasteiger partial charge in [0.05, 0.1) is 0 Å². The number of hydrazine groups is 1. The average Bonchev–Trinajstić information content (AvgIpc) is 2.46. The maximum atomic E-state index is 5.71. The van der Waals surface area contributed by atoms with Gasteiger partial charge in [0.1, 0.15) is 0 Å². The Morgan fingerprint density at radius 1 is 1.32 bits per heavy atom. The van der Waals surface area contributed by atoms with Crippen LogP contribution in [0.1, 0.15) is 36.8 Å². The number of nitrogens with one attached hydrogen (secondary N) is 1. The highest BCUT2D eigenvalue weighted by Crippen LogP contribution is 2.22. The van der Waals surface area contributed by atoms with Crippen LogP contribution in [0, 0.1) is 12.8 Å². The molecule has 106 valence electrons. The number of aryl methyl sites for hydroxylation is 2. The standard InChI is InChI=1S/C16H26N2O/c1-13-4-2-3-5-15(13)6-7-16(18-17)12-14-8-10-19-11-9-14/h2-5,14,16,18H,6-12,17H2,1H3. The van der Waals surface area contributed by atoms with Gasteiger partial charge in [0.25, 0.3) is 0 Å². The molecule has 0 saturated carbocycles. The summed E-state index contributed by atoms with van der Waals surface area (Å²) in [4.78, 5) is 0. The van der Waals surface area contributed by atoms with Gasteiger partial charge in [-0.25, -0.2) is 0 Å². The number of ether oxygens (including phenoxy) is 1. The van der Waals surface area contributed by atoms with Crippen molar-refractivity contribution in [3.8, 4) is 0 Å². The number of nitrogens with two attached hydrogens (primary N) is 1. The molecule has 19 heavy (non-hydrogen) atoms. The summed E-state index contributed by atoms with van der Waals surface area (Å²) < 4.78 is 5.41. The number of hydrogen-bond donors (Lipinski definition) is 2. The third kappa shape index (κ3) is 4.60. The van der Waals surface area contributed by atoms with Crippen molar-refractivity contribution in [1.82, 2.24) is 5.43 Å². The molecule has 1 unspecified atom stereocenters. The zero-order valence-electron chi connectivity index (χ0n) is 11.9. The average molecular weight is 262 g/mol. The lowest BCUT2D eigenvalue weighted by Crippen LogP contribution is -2.38. The molecule has 3 nitrogen and oxygen atoms in total. The largest absolute Gasteiger partial charge is 0.381 e. The summed E-state index contributed by atoms with van der Waals surface area (Å²) in [6.07, 6.45) is 5.75. The first-order chi connectivity index (χ1) is 9.29. The Balaban J connectivity index is 1.80. The fourth-order valence-electron chi connectivity index (χ4n) is 2.87. The number of hydrogen-bond acceptors (Lipinski definition) is 3. The zero-order valence-corrected chi connectivity index (χ0v) is 11.9. The van der Waals surface area contributed by atoms with Crippen LogP contribution < -0.4 is 11.3 Å². The fraction of sp³-hybridized carbons (Fsp3) is 0.625. The summed E-state index contributed by atoms with van der Waals surface area (Å²) in [6, 6.07) is 9.03. The van der Waals surface area contributed by atoms with E-state index >= 15 is 0 Å². The van der Waals surface area contributed by atoms with E-state index in [-0.39, 0.29) is 0 Å². The van der Waals surface area contributed by atoms with Crippen molar-refractivity contribution >= 4 is 0 Å². The van der Waals surface area contributed by atoms with Crippen LogP contribution in [-0.4, -0.2) is 19.3 Å². The van der Waals surface area contributed by atoms with Crippen LogP contribution in [0.5, 0.6) is 0 Å². The van der Waals surface area contributed by atoms with Gasteiger partial charge < -0.3 is 4.74 Å². The highest BCUT2D eigenvalue weighted by Gasteiger charge is 2.18. The molecule has 1 aromatic carbocycles. The Morgan fingerprint density at radius 3 is 2.74 bits per heavy atom. The lowest BCUT2D eigenvalue weighted by atomic mass is 9.90. The molecule has 0 amide bonds. The fourth-order valence-corrected chi connectivity index (χ4v) is 2.87. The minimum absolute atomic E-state index is 0.419. The molecule has 1 fully saturated rings. The normalized spacial score (nSPS) is 18.4. The summed E-state index contributed by atoms with van der Waals surface area (Å²) in [6.45, 7) is 4.01. The van der Waals surface area contributed by atoms with Gasteiger partial charge in [-0.2, -0.15) is 0 Å². The van der Waals surface area contributed by atoms with E-state index < -0.39 is 0 Å². The molecular weight excluding hydrogens is 236 g/mol. The van der Waals surface area contributed by atoms with Gasteiger partial charge in [-0.3, -0.25) is 11.3 Å². The molecule has 3 N–H and O–H groups in total. The molecular formula is C16H26N2O. The van der Waals surface area contributed by atoms with Crippen molar-refractivity contribution in [3.05, 3.63) is 35.4 Å². The Morgan fingerprint density at radius 2 is 2.05 bits per heavy atom. The predicted molar refractivity (Wildman–Crippen MR) is 78.8 cm³/mol. The van der Waals surface area contributed by atoms with E-state index in [1.165, 1.54) is 30.4 Å². The van der Waals surface area contributed by atoms with Gasteiger partial charge in [0.2, 0.25) is 0 Å². The van der Waals surface area contributed by atoms with Crippen LogP contribution in [0.15, 0.2) is 24.3 Å². The Hall–Kier alpha value is -0.900. The first kappa shape index (κ1) is 14.5. The summed E-state index contributed by atoms with van der Waals surface area (Å²) in [5, 5.41) is 0. The Labute approximate surface area is 116 Å². The van der Waals surface area contributed by atoms with Crippen LogP contribution in [0.4, 0.5) is 0 Å². The second kappa shape index (κ2) is 7.63.